The number of halogens is 2. The number of carbonyl (C=O) groups excluding carboxylic acids is 1. The van der Waals surface area contributed by atoms with Gasteiger partial charge in [0.25, 0.3) is 5.56 Å². The standard InChI is InChI=1S/C29H27ClFN5O3/c1-3-6-19-16(2)23-22(14-21(19)31)36(15-18-13-17-7-4-10-33-27(17)35-26(18)30)25(29(38)39-12-9-32)24(23)20-8-5-11-34-28(20)37/h4-5,7-8,10-11,13-14H,3,6,9,12,15,32H2,1-2H3,(H,34,37). The molecule has 3 N–H and O–H groups in total. The molecule has 0 amide bonds. The predicted octanol–water partition coefficient (Wildman–Crippen LogP) is 5.16. The Morgan fingerprint density at radius 2 is 2.08 bits per heavy atom. The zero-order valence-electron chi connectivity index (χ0n) is 21.6. The largest absolute Gasteiger partial charge is 0.460 e. The molecule has 0 aliphatic carbocycles. The fraction of sp³-hybridized carbons (Fsp3) is 0.241. The molecule has 0 saturated heterocycles. The Bertz CT molecular complexity index is 1780. The normalized spacial score (nSPS) is 11.4. The molecule has 0 fully saturated rings. The second-order valence-electron chi connectivity index (χ2n) is 9.24. The van der Waals surface area contributed by atoms with Crippen LogP contribution in [0.25, 0.3) is 33.1 Å². The topological polar surface area (TPSA) is 116 Å². The van der Waals surface area contributed by atoms with Crippen molar-refractivity contribution in [1.29, 1.82) is 0 Å². The lowest BCUT2D eigenvalue weighted by Gasteiger charge is -2.14. The number of rotatable bonds is 8. The summed E-state index contributed by atoms with van der Waals surface area (Å²) in [5.41, 5.74) is 8.67. The number of esters is 1. The molecule has 8 nitrogen and oxygen atoms in total. The van der Waals surface area contributed by atoms with Crippen LogP contribution in [-0.4, -0.2) is 38.6 Å². The van der Waals surface area contributed by atoms with Crippen LogP contribution in [0.4, 0.5) is 4.39 Å². The number of fused-ring (bicyclic) bond motifs is 2. The number of hydrogen-bond donors (Lipinski definition) is 2. The maximum Gasteiger partial charge on any atom is 0.355 e. The fourth-order valence-electron chi connectivity index (χ4n) is 5.05. The highest BCUT2D eigenvalue weighted by atomic mass is 35.5. The van der Waals surface area contributed by atoms with E-state index in [2.05, 4.69) is 15.0 Å². The molecule has 0 aliphatic heterocycles. The monoisotopic (exact) mass is 547 g/mol. The van der Waals surface area contributed by atoms with E-state index in [1.807, 2.05) is 26.0 Å². The number of hydrogen-bond acceptors (Lipinski definition) is 6. The number of nitrogens with one attached hydrogen (secondary N) is 1. The van der Waals surface area contributed by atoms with Crippen molar-refractivity contribution in [3.05, 3.63) is 92.5 Å². The van der Waals surface area contributed by atoms with Crippen LogP contribution in [0.1, 0.15) is 40.5 Å². The maximum atomic E-state index is 15.5. The number of benzene rings is 1. The first-order valence-electron chi connectivity index (χ1n) is 12.6. The average Bonchev–Trinajstić information content (AvgIpc) is 3.23. The molecule has 5 aromatic rings. The molecule has 0 atom stereocenters. The second-order valence-corrected chi connectivity index (χ2v) is 9.60. The summed E-state index contributed by atoms with van der Waals surface area (Å²) in [6.45, 7) is 3.94. The van der Waals surface area contributed by atoms with Crippen molar-refractivity contribution in [2.45, 2.75) is 33.2 Å². The zero-order valence-corrected chi connectivity index (χ0v) is 22.3. The Morgan fingerprint density at radius 1 is 1.26 bits per heavy atom. The van der Waals surface area contributed by atoms with Crippen LogP contribution in [0.5, 0.6) is 0 Å². The molecule has 4 aromatic heterocycles. The van der Waals surface area contributed by atoms with Gasteiger partial charge >= 0.3 is 5.97 Å². The summed E-state index contributed by atoms with van der Waals surface area (Å²) in [5, 5.41) is 1.55. The molecule has 5 rings (SSSR count). The van der Waals surface area contributed by atoms with Crippen LogP contribution in [0.3, 0.4) is 0 Å². The van der Waals surface area contributed by atoms with Crippen molar-refractivity contribution < 1.29 is 13.9 Å². The lowest BCUT2D eigenvalue weighted by molar-refractivity contribution is 0.0506. The van der Waals surface area contributed by atoms with E-state index in [-0.39, 0.29) is 47.5 Å². The average molecular weight is 548 g/mol. The number of carbonyl (C=O) groups is 1. The Hall–Kier alpha value is -4.08. The van der Waals surface area contributed by atoms with Gasteiger partial charge in [-0.2, -0.15) is 0 Å². The minimum absolute atomic E-state index is 0.0245. The summed E-state index contributed by atoms with van der Waals surface area (Å²) >= 11 is 6.57. The van der Waals surface area contributed by atoms with Gasteiger partial charge in [0.1, 0.15) is 23.3 Å². The second kappa shape index (κ2) is 11.0. The first kappa shape index (κ1) is 26.5. The number of ether oxygens (including phenoxy) is 1. The molecule has 0 spiro atoms. The smallest absolute Gasteiger partial charge is 0.355 e. The van der Waals surface area contributed by atoms with E-state index in [1.165, 1.54) is 12.3 Å². The number of pyridine rings is 3. The minimum atomic E-state index is -0.682. The van der Waals surface area contributed by atoms with Gasteiger partial charge in [0, 0.05) is 46.4 Å². The van der Waals surface area contributed by atoms with E-state index in [0.717, 1.165) is 11.8 Å². The number of nitrogens with two attached hydrogens (primary N) is 1. The summed E-state index contributed by atoms with van der Waals surface area (Å²) in [4.78, 5) is 38.0. The summed E-state index contributed by atoms with van der Waals surface area (Å²) in [5.74, 6) is -1.07. The van der Waals surface area contributed by atoms with Crippen molar-refractivity contribution in [3.8, 4) is 11.1 Å². The first-order valence-corrected chi connectivity index (χ1v) is 13.0. The van der Waals surface area contributed by atoms with Gasteiger partial charge in [0.05, 0.1) is 12.1 Å². The van der Waals surface area contributed by atoms with E-state index in [0.29, 0.717) is 45.2 Å². The van der Waals surface area contributed by atoms with Gasteiger partial charge < -0.3 is 20.0 Å². The number of aromatic amines is 1. The van der Waals surface area contributed by atoms with Crippen LogP contribution >= 0.6 is 11.6 Å². The van der Waals surface area contributed by atoms with E-state index in [1.54, 1.807) is 29.0 Å². The molecule has 0 radical (unpaired) electrons. The molecule has 0 unspecified atom stereocenters. The van der Waals surface area contributed by atoms with E-state index >= 15 is 4.39 Å². The van der Waals surface area contributed by atoms with Crippen LogP contribution in [0.2, 0.25) is 5.15 Å². The molecule has 39 heavy (non-hydrogen) atoms. The molecule has 0 saturated carbocycles. The van der Waals surface area contributed by atoms with Gasteiger partial charge in [-0.15, -0.1) is 0 Å². The number of aromatic nitrogens is 4. The van der Waals surface area contributed by atoms with Gasteiger partial charge in [-0.3, -0.25) is 4.79 Å². The van der Waals surface area contributed by atoms with Gasteiger partial charge in [-0.25, -0.2) is 19.2 Å². The summed E-state index contributed by atoms with van der Waals surface area (Å²) in [7, 11) is 0. The lowest BCUT2D eigenvalue weighted by atomic mass is 9.94. The van der Waals surface area contributed by atoms with Crippen molar-refractivity contribution in [1.82, 2.24) is 19.5 Å². The van der Waals surface area contributed by atoms with Gasteiger partial charge in [-0.05, 0) is 60.9 Å². The quantitative estimate of drug-likeness (QED) is 0.205. The highest BCUT2D eigenvalue weighted by Crippen LogP contribution is 2.39. The Morgan fingerprint density at radius 3 is 2.82 bits per heavy atom. The third-order valence-electron chi connectivity index (χ3n) is 6.76. The maximum absolute atomic E-state index is 15.5. The molecule has 0 bridgehead atoms. The third kappa shape index (κ3) is 4.79. The molecular formula is C29H27ClFN5O3. The lowest BCUT2D eigenvalue weighted by Crippen LogP contribution is -2.19. The molecule has 1 aromatic carbocycles. The van der Waals surface area contributed by atoms with Crippen LogP contribution in [0, 0.1) is 12.7 Å². The van der Waals surface area contributed by atoms with Crippen molar-refractivity contribution in [3.63, 3.8) is 0 Å². The number of H-pyrrole nitrogens is 1. The predicted molar refractivity (Wildman–Crippen MR) is 150 cm³/mol. The Labute approximate surface area is 228 Å². The van der Waals surface area contributed by atoms with Crippen molar-refractivity contribution >= 4 is 39.5 Å². The van der Waals surface area contributed by atoms with Gasteiger partial charge in [0.2, 0.25) is 0 Å². The Balaban J connectivity index is 1.88. The van der Waals surface area contributed by atoms with E-state index in [4.69, 9.17) is 22.1 Å². The summed E-state index contributed by atoms with van der Waals surface area (Å²) in [6.07, 6.45) is 4.37. The van der Waals surface area contributed by atoms with Crippen molar-refractivity contribution in [2.75, 3.05) is 13.2 Å². The van der Waals surface area contributed by atoms with Crippen LogP contribution in [-0.2, 0) is 17.7 Å². The molecular weight excluding hydrogens is 521 g/mol. The highest BCUT2D eigenvalue weighted by Gasteiger charge is 2.29. The molecule has 200 valence electrons. The van der Waals surface area contributed by atoms with Gasteiger partial charge in [-0.1, -0.05) is 24.9 Å². The third-order valence-corrected chi connectivity index (χ3v) is 7.09. The zero-order chi connectivity index (χ0) is 27.7. The fourth-order valence-corrected chi connectivity index (χ4v) is 5.24. The van der Waals surface area contributed by atoms with Crippen molar-refractivity contribution in [2.24, 2.45) is 5.73 Å². The number of nitrogens with zero attached hydrogens (tertiary/aromatic N) is 3. The van der Waals surface area contributed by atoms with Crippen LogP contribution in [0.15, 0.2) is 53.6 Å². The molecule has 0 aliphatic rings. The minimum Gasteiger partial charge on any atom is -0.460 e. The molecule has 4 heterocycles. The van der Waals surface area contributed by atoms with Gasteiger partial charge in [0.15, 0.2) is 5.65 Å². The molecule has 10 heteroatoms. The number of aryl methyl sites for hydroxylation is 1. The summed E-state index contributed by atoms with van der Waals surface area (Å²) < 4.78 is 22.7. The Kier molecular flexibility index (Phi) is 7.45. The first-order chi connectivity index (χ1) is 18.8. The highest BCUT2D eigenvalue weighted by molar-refractivity contribution is 6.30. The SMILES string of the molecule is CCCc1c(F)cc2c(c1C)c(-c1ccc[nH]c1=O)c(C(=O)OCCN)n2Cc1cc2cccnc2nc1Cl. The summed E-state index contributed by atoms with van der Waals surface area (Å²) in [6, 6.07) is 10.2. The van der Waals surface area contributed by atoms with E-state index in [9.17, 15) is 9.59 Å². The van der Waals surface area contributed by atoms with E-state index < -0.39 is 5.97 Å². The van der Waals surface area contributed by atoms with Crippen LogP contribution < -0.4 is 11.3 Å².